The quantitative estimate of drug-likeness (QED) is 0.863. The Morgan fingerprint density at radius 3 is 2.15 bits per heavy atom. The first-order valence-corrected chi connectivity index (χ1v) is 6.46. The summed E-state index contributed by atoms with van der Waals surface area (Å²) in [6, 6.07) is 7.89. The molecule has 1 N–H and O–H groups in total. The fraction of sp³-hybridized carbons (Fsp3) is 0.467. The molecule has 0 saturated heterocycles. The van der Waals surface area contributed by atoms with Crippen molar-refractivity contribution in [2.45, 2.75) is 32.4 Å². The van der Waals surface area contributed by atoms with Crippen molar-refractivity contribution >= 4 is 12.0 Å². The lowest BCUT2D eigenvalue weighted by Gasteiger charge is -2.25. The molecular weight excluding hydrogens is 256 g/mol. The third-order valence-electron chi connectivity index (χ3n) is 2.45. The number of rotatable bonds is 3. The average Bonchev–Trinajstić information content (AvgIpc) is 2.34. The zero-order chi connectivity index (χ0) is 15.3. The molecule has 0 heterocycles. The minimum absolute atomic E-state index is 0.343. The van der Waals surface area contributed by atoms with Gasteiger partial charge in [-0.2, -0.15) is 0 Å². The molecule has 0 aliphatic heterocycles. The third kappa shape index (κ3) is 4.91. The number of urea groups is 1. The van der Waals surface area contributed by atoms with Crippen LogP contribution in [0.2, 0.25) is 0 Å². The van der Waals surface area contributed by atoms with Crippen molar-refractivity contribution in [3.63, 3.8) is 0 Å². The molecule has 20 heavy (non-hydrogen) atoms. The van der Waals surface area contributed by atoms with Gasteiger partial charge in [-0.25, -0.2) is 9.59 Å². The number of nitrogens with zero attached hydrogens (tertiary/aromatic N) is 1. The fourth-order valence-corrected chi connectivity index (χ4v) is 1.54. The maximum atomic E-state index is 12.3. The summed E-state index contributed by atoms with van der Waals surface area (Å²) in [7, 11) is 3.24. The maximum absolute atomic E-state index is 12.3. The molecule has 0 spiro atoms. The van der Waals surface area contributed by atoms with Crippen LogP contribution in [-0.2, 0) is 9.53 Å². The van der Waals surface area contributed by atoms with Crippen LogP contribution in [0.15, 0.2) is 30.3 Å². The van der Waals surface area contributed by atoms with E-state index >= 15 is 0 Å². The van der Waals surface area contributed by atoms with E-state index in [0.717, 1.165) is 0 Å². The Hall–Kier alpha value is -2.04. The lowest BCUT2D eigenvalue weighted by molar-refractivity contribution is -0.157. The van der Waals surface area contributed by atoms with Gasteiger partial charge < -0.3 is 15.0 Å². The van der Waals surface area contributed by atoms with Crippen molar-refractivity contribution in [1.29, 1.82) is 0 Å². The van der Waals surface area contributed by atoms with Crippen molar-refractivity contribution in [3.05, 3.63) is 35.9 Å². The highest BCUT2D eigenvalue weighted by atomic mass is 16.6. The van der Waals surface area contributed by atoms with E-state index in [1.165, 1.54) is 4.90 Å². The molecule has 0 aliphatic rings. The maximum Gasteiger partial charge on any atom is 0.333 e. The Bertz CT molecular complexity index is 464. The first-order valence-electron chi connectivity index (χ1n) is 6.46. The van der Waals surface area contributed by atoms with Crippen LogP contribution >= 0.6 is 0 Å². The third-order valence-corrected chi connectivity index (χ3v) is 2.45. The van der Waals surface area contributed by atoms with Crippen LogP contribution in [0.4, 0.5) is 4.79 Å². The van der Waals surface area contributed by atoms with Gasteiger partial charge in [0.1, 0.15) is 5.60 Å². The van der Waals surface area contributed by atoms with E-state index in [9.17, 15) is 9.59 Å². The number of esters is 1. The summed E-state index contributed by atoms with van der Waals surface area (Å²) in [5.41, 5.74) is 0.0874. The smallest absolute Gasteiger partial charge is 0.333 e. The normalized spacial score (nSPS) is 12.4. The molecule has 1 aromatic carbocycles. The molecule has 0 aromatic heterocycles. The largest absolute Gasteiger partial charge is 0.458 e. The molecule has 5 heteroatoms. The lowest BCUT2D eigenvalue weighted by atomic mass is 10.1. The number of carbonyl (C=O) groups is 2. The molecule has 2 amide bonds. The molecule has 5 nitrogen and oxygen atoms in total. The minimum atomic E-state index is -0.815. The van der Waals surface area contributed by atoms with Crippen LogP contribution in [0.5, 0.6) is 0 Å². The Kier molecular flexibility index (Phi) is 5.13. The summed E-state index contributed by atoms with van der Waals surface area (Å²) < 4.78 is 5.36. The standard InChI is InChI=1S/C15H22N2O3/c1-15(2,3)20-13(18)12(16-14(19)17(4)5)11-9-7-6-8-10-11/h6-10,12H,1-5H3,(H,16,19)/t12-/m0/s1. The van der Waals surface area contributed by atoms with Crippen molar-refractivity contribution in [3.8, 4) is 0 Å². The van der Waals surface area contributed by atoms with Crippen LogP contribution < -0.4 is 5.32 Å². The highest BCUT2D eigenvalue weighted by Gasteiger charge is 2.28. The van der Waals surface area contributed by atoms with Gasteiger partial charge in [0.05, 0.1) is 0 Å². The molecule has 0 radical (unpaired) electrons. The van der Waals surface area contributed by atoms with Crippen molar-refractivity contribution in [2.24, 2.45) is 0 Å². The lowest BCUT2D eigenvalue weighted by Crippen LogP contribution is -2.42. The second kappa shape index (κ2) is 6.41. The molecule has 0 bridgehead atoms. The van der Waals surface area contributed by atoms with E-state index in [4.69, 9.17) is 4.74 Å². The molecule has 0 fully saturated rings. The molecule has 1 aromatic rings. The number of ether oxygens (including phenoxy) is 1. The van der Waals surface area contributed by atoms with Crippen molar-refractivity contribution < 1.29 is 14.3 Å². The number of benzene rings is 1. The Balaban J connectivity index is 2.96. The van der Waals surface area contributed by atoms with E-state index < -0.39 is 17.6 Å². The number of hydrogen-bond donors (Lipinski definition) is 1. The Morgan fingerprint density at radius 1 is 1.15 bits per heavy atom. The summed E-state index contributed by atoms with van der Waals surface area (Å²) in [6.45, 7) is 5.38. The molecule has 0 saturated carbocycles. The molecule has 1 rings (SSSR count). The number of hydrogen-bond acceptors (Lipinski definition) is 3. The highest BCUT2D eigenvalue weighted by Crippen LogP contribution is 2.18. The number of amides is 2. The zero-order valence-corrected chi connectivity index (χ0v) is 12.6. The van der Waals surface area contributed by atoms with Crippen LogP contribution in [0.3, 0.4) is 0 Å². The van der Waals surface area contributed by atoms with E-state index in [2.05, 4.69) is 5.32 Å². The Labute approximate surface area is 119 Å². The molecular formula is C15H22N2O3. The molecule has 1 atom stereocenters. The summed E-state index contributed by atoms with van der Waals surface area (Å²) in [4.78, 5) is 25.4. The molecule has 0 aliphatic carbocycles. The summed E-state index contributed by atoms with van der Waals surface area (Å²) >= 11 is 0. The average molecular weight is 278 g/mol. The fourth-order valence-electron chi connectivity index (χ4n) is 1.54. The van der Waals surface area contributed by atoms with Gasteiger partial charge in [-0.1, -0.05) is 30.3 Å². The first-order chi connectivity index (χ1) is 9.20. The van der Waals surface area contributed by atoms with Gasteiger partial charge in [0.25, 0.3) is 0 Å². The van der Waals surface area contributed by atoms with Gasteiger partial charge in [0, 0.05) is 14.1 Å². The summed E-state index contributed by atoms with van der Waals surface area (Å²) in [6.07, 6.45) is 0. The van der Waals surface area contributed by atoms with Crippen molar-refractivity contribution in [1.82, 2.24) is 10.2 Å². The summed E-state index contributed by atoms with van der Waals surface area (Å²) in [5.74, 6) is -0.473. The SMILES string of the molecule is CN(C)C(=O)N[C@H](C(=O)OC(C)(C)C)c1ccccc1. The predicted molar refractivity (Wildman–Crippen MR) is 77.2 cm³/mol. The van der Waals surface area contributed by atoms with Gasteiger partial charge in [-0.15, -0.1) is 0 Å². The van der Waals surface area contributed by atoms with Crippen molar-refractivity contribution in [2.75, 3.05) is 14.1 Å². The Morgan fingerprint density at radius 2 is 1.70 bits per heavy atom. The minimum Gasteiger partial charge on any atom is -0.458 e. The highest BCUT2D eigenvalue weighted by molar-refractivity contribution is 5.84. The second-order valence-electron chi connectivity index (χ2n) is 5.72. The van der Waals surface area contributed by atoms with Gasteiger partial charge >= 0.3 is 12.0 Å². The number of carbonyl (C=O) groups excluding carboxylic acids is 2. The van der Waals surface area contributed by atoms with E-state index in [-0.39, 0.29) is 6.03 Å². The molecule has 110 valence electrons. The van der Waals surface area contributed by atoms with E-state index in [1.807, 2.05) is 18.2 Å². The first kappa shape index (κ1) is 16.0. The molecule has 0 unspecified atom stereocenters. The van der Waals surface area contributed by atoms with Crippen LogP contribution in [0.1, 0.15) is 32.4 Å². The zero-order valence-electron chi connectivity index (χ0n) is 12.6. The van der Waals surface area contributed by atoms with E-state index in [0.29, 0.717) is 5.56 Å². The van der Waals surface area contributed by atoms with Crippen LogP contribution in [0.25, 0.3) is 0 Å². The predicted octanol–water partition coefficient (Wildman–Crippen LogP) is 2.34. The summed E-state index contributed by atoms with van der Waals surface area (Å²) in [5, 5.41) is 2.67. The van der Waals surface area contributed by atoms with Crippen LogP contribution in [0, 0.1) is 0 Å². The van der Waals surface area contributed by atoms with E-state index in [1.54, 1.807) is 47.0 Å². The van der Waals surface area contributed by atoms with Gasteiger partial charge in [0.15, 0.2) is 6.04 Å². The monoisotopic (exact) mass is 278 g/mol. The van der Waals surface area contributed by atoms with Gasteiger partial charge in [-0.3, -0.25) is 0 Å². The topological polar surface area (TPSA) is 58.6 Å². The van der Waals surface area contributed by atoms with Gasteiger partial charge in [0.2, 0.25) is 0 Å². The van der Waals surface area contributed by atoms with Gasteiger partial charge in [-0.05, 0) is 26.3 Å². The van der Waals surface area contributed by atoms with Crippen LogP contribution in [-0.4, -0.2) is 36.6 Å². The second-order valence-corrected chi connectivity index (χ2v) is 5.72. The number of nitrogens with one attached hydrogen (secondary N) is 1.